The number of rotatable bonds is 9. The Labute approximate surface area is 377 Å². The molecule has 9 rings (SSSR count). The summed E-state index contributed by atoms with van der Waals surface area (Å²) in [6.45, 7) is 13.8. The van der Waals surface area contributed by atoms with E-state index in [0.29, 0.717) is 37.4 Å². The Kier molecular flexibility index (Phi) is 12.0. The van der Waals surface area contributed by atoms with E-state index >= 15 is 0 Å². The van der Waals surface area contributed by atoms with E-state index in [4.69, 9.17) is 29.2 Å². The van der Waals surface area contributed by atoms with E-state index in [1.165, 1.54) is 16.3 Å². The van der Waals surface area contributed by atoms with E-state index in [1.807, 2.05) is 68.2 Å². The number of hydrazine groups is 1. The molecule has 2 fully saturated rings. The summed E-state index contributed by atoms with van der Waals surface area (Å²) in [5.41, 5.74) is 12.1. The smallest absolute Gasteiger partial charge is 0.324 e. The lowest BCUT2D eigenvalue weighted by atomic mass is 9.84. The molecule has 6 aromatic rings. The predicted octanol–water partition coefficient (Wildman–Crippen LogP) is 7.67. The van der Waals surface area contributed by atoms with Crippen LogP contribution < -0.4 is 10.7 Å². The molecule has 64 heavy (non-hydrogen) atoms. The summed E-state index contributed by atoms with van der Waals surface area (Å²) in [6.07, 6.45) is 4.25. The van der Waals surface area contributed by atoms with Gasteiger partial charge in [0.15, 0.2) is 0 Å². The van der Waals surface area contributed by atoms with E-state index in [2.05, 4.69) is 60.3 Å². The lowest BCUT2D eigenvalue weighted by Crippen LogP contribution is -2.61. The van der Waals surface area contributed by atoms with Crippen LogP contribution in [0.5, 0.6) is 0 Å². The SMILES string of the molecule is CCO[C@@H]1c2nc(cs2)-c2ccc3c(c2)c(c(-c2cccnc2[C@H](C)OC)n3CC)CC(C)(C)COC(=O)[C@@H]2CCCN(N2)C(=O)[C@H]1NC(=O)[C@H]1[C@H](C)[C@@H]1c1ccc2c(ccn2C)n1. The molecular formula is C49H58N8O6S. The van der Waals surface area contributed by atoms with Gasteiger partial charge >= 0.3 is 5.97 Å². The monoisotopic (exact) mass is 886 g/mol. The number of carbonyl (C=O) groups excluding carboxylic acids is 3. The molecule has 0 spiro atoms. The highest BCUT2D eigenvalue weighted by Gasteiger charge is 2.54. The van der Waals surface area contributed by atoms with Gasteiger partial charge in [0.2, 0.25) is 5.91 Å². The Balaban J connectivity index is 1.13. The number of methoxy groups -OCH3 is 1. The van der Waals surface area contributed by atoms with Crippen molar-refractivity contribution < 1.29 is 28.6 Å². The van der Waals surface area contributed by atoms with Crippen LogP contribution in [0.1, 0.15) is 94.5 Å². The van der Waals surface area contributed by atoms with Gasteiger partial charge < -0.3 is 28.7 Å². The summed E-state index contributed by atoms with van der Waals surface area (Å²) in [4.78, 5) is 58.2. The van der Waals surface area contributed by atoms with Gasteiger partial charge in [0.1, 0.15) is 23.2 Å². The molecular weight excluding hydrogens is 829 g/mol. The summed E-state index contributed by atoms with van der Waals surface area (Å²) in [5.74, 6) is -1.59. The molecule has 1 saturated carbocycles. The maximum absolute atomic E-state index is 14.9. The highest BCUT2D eigenvalue weighted by atomic mass is 32.1. The van der Waals surface area contributed by atoms with Gasteiger partial charge in [0.25, 0.3) is 5.91 Å². The Hall–Kier alpha value is -5.48. The van der Waals surface area contributed by atoms with Gasteiger partial charge in [0.05, 0.1) is 40.8 Å². The van der Waals surface area contributed by atoms with E-state index in [1.54, 1.807) is 13.3 Å². The van der Waals surface area contributed by atoms with Crippen LogP contribution in [0.4, 0.5) is 0 Å². The van der Waals surface area contributed by atoms with Gasteiger partial charge in [-0.05, 0) is 94.0 Å². The highest BCUT2D eigenvalue weighted by Crippen LogP contribution is 2.53. The molecule has 3 aliphatic rings. The molecule has 1 saturated heterocycles. The fraction of sp³-hybridized carbons (Fsp3) is 0.469. The molecule has 336 valence electrons. The molecule has 5 aromatic heterocycles. The number of thiazole rings is 1. The number of hydrogen-bond acceptors (Lipinski definition) is 11. The van der Waals surface area contributed by atoms with Crippen molar-refractivity contribution in [1.82, 2.24) is 39.8 Å². The van der Waals surface area contributed by atoms with Crippen LogP contribution in [0, 0.1) is 17.3 Å². The minimum Gasteiger partial charge on any atom is -0.464 e. The fourth-order valence-electron chi connectivity index (χ4n) is 9.86. The molecule has 2 aliphatic heterocycles. The largest absolute Gasteiger partial charge is 0.464 e. The molecule has 0 unspecified atom stereocenters. The Bertz CT molecular complexity index is 2740. The number of carbonyl (C=O) groups is 3. The van der Waals surface area contributed by atoms with Crippen LogP contribution in [0.15, 0.2) is 66.3 Å². The van der Waals surface area contributed by atoms with Crippen LogP contribution in [-0.4, -0.2) is 85.8 Å². The van der Waals surface area contributed by atoms with Crippen molar-refractivity contribution in [3.05, 3.63) is 88.3 Å². The average Bonchev–Trinajstić information content (AvgIpc) is 3.58. The van der Waals surface area contributed by atoms with Gasteiger partial charge in [-0.15, -0.1) is 11.3 Å². The Morgan fingerprint density at radius 2 is 1.92 bits per heavy atom. The second-order valence-corrected chi connectivity index (χ2v) is 19.2. The van der Waals surface area contributed by atoms with E-state index in [-0.39, 0.29) is 37.1 Å². The summed E-state index contributed by atoms with van der Waals surface area (Å²) >= 11 is 1.40. The summed E-state index contributed by atoms with van der Waals surface area (Å²) in [7, 11) is 3.68. The van der Waals surface area contributed by atoms with Crippen molar-refractivity contribution in [1.29, 1.82) is 0 Å². The number of hydrogen-bond donors (Lipinski definition) is 2. The van der Waals surface area contributed by atoms with Crippen LogP contribution >= 0.6 is 11.3 Å². The van der Waals surface area contributed by atoms with Crippen molar-refractivity contribution in [2.75, 3.05) is 26.9 Å². The maximum atomic E-state index is 14.9. The molecule has 1 aliphatic carbocycles. The molecule has 0 radical (unpaired) electrons. The lowest BCUT2D eigenvalue weighted by Gasteiger charge is -2.37. The van der Waals surface area contributed by atoms with E-state index in [0.717, 1.165) is 61.4 Å². The molecule has 7 atom stereocenters. The zero-order valence-electron chi connectivity index (χ0n) is 37.9. The number of cyclic esters (lactones) is 1. The van der Waals surface area contributed by atoms with Gasteiger partial charge in [-0.3, -0.25) is 29.4 Å². The number of aromatic nitrogens is 5. The number of benzene rings is 1. The minimum atomic E-state index is -1.15. The third-order valence-electron chi connectivity index (χ3n) is 13.4. The van der Waals surface area contributed by atoms with Gasteiger partial charge in [-0.1, -0.05) is 26.8 Å². The standard InChI is InChI=1S/C49H58N8O6S/c1-9-56-37-17-15-29-23-31(37)32(43(56)30-13-11-20-50-41(30)28(4)61-8)24-49(5,6)26-63-48(60)35-14-12-21-57(54-35)47(59)42(44(62-10-2)46-52-36(29)25-64-46)53-45(58)40-27(3)39(40)34-16-18-38-33(51-34)19-22-55(38)7/h11,13,15-20,22-23,25,27-28,35,39-40,42,44,54H,9-10,12,14,21,24,26H2,1-8H3,(H,53,58)/t27-,28+,35+,39-,40+,42+,44+/m1/s1. The molecule has 7 heterocycles. The van der Waals surface area contributed by atoms with Gasteiger partial charge in [-0.2, -0.15) is 0 Å². The number of nitrogens with one attached hydrogen (secondary N) is 2. The maximum Gasteiger partial charge on any atom is 0.324 e. The third kappa shape index (κ3) is 8.01. The van der Waals surface area contributed by atoms with Crippen LogP contribution in [-0.2, 0) is 48.6 Å². The minimum absolute atomic E-state index is 0.00696. The molecule has 15 heteroatoms. The predicted molar refractivity (Wildman–Crippen MR) is 246 cm³/mol. The number of nitrogens with zero attached hydrogens (tertiary/aromatic N) is 6. The molecule has 1 aromatic carbocycles. The van der Waals surface area contributed by atoms with Crippen molar-refractivity contribution in [2.24, 2.45) is 24.3 Å². The highest BCUT2D eigenvalue weighted by molar-refractivity contribution is 7.10. The number of esters is 1. The average molecular weight is 887 g/mol. The topological polar surface area (TPSA) is 155 Å². The number of pyridine rings is 2. The lowest BCUT2D eigenvalue weighted by molar-refractivity contribution is -0.156. The molecule has 2 N–H and O–H groups in total. The number of amides is 2. The first kappa shape index (κ1) is 43.8. The van der Waals surface area contributed by atoms with Crippen LogP contribution in [0.25, 0.3) is 44.5 Å². The van der Waals surface area contributed by atoms with Gasteiger partial charge in [-0.25, -0.2) is 10.4 Å². The first-order valence-corrected chi connectivity index (χ1v) is 23.4. The van der Waals surface area contributed by atoms with Crippen LogP contribution in [0.2, 0.25) is 0 Å². The fourth-order valence-corrected chi connectivity index (χ4v) is 10.8. The summed E-state index contributed by atoms with van der Waals surface area (Å²) in [6, 6.07) is 14.6. The number of ether oxygens (including phenoxy) is 3. The third-order valence-corrected chi connectivity index (χ3v) is 14.3. The van der Waals surface area contributed by atoms with Crippen molar-refractivity contribution in [2.45, 2.75) is 97.6 Å². The molecule has 14 nitrogen and oxygen atoms in total. The number of aryl methyl sites for hydroxylation is 2. The number of fused-ring (bicyclic) bond motifs is 7. The first-order chi connectivity index (χ1) is 30.8. The second-order valence-electron chi connectivity index (χ2n) is 18.3. The van der Waals surface area contributed by atoms with Crippen molar-refractivity contribution >= 4 is 51.1 Å². The Morgan fingerprint density at radius 1 is 1.11 bits per heavy atom. The van der Waals surface area contributed by atoms with Crippen molar-refractivity contribution in [3.8, 4) is 22.5 Å². The zero-order chi connectivity index (χ0) is 45.0. The van der Waals surface area contributed by atoms with Crippen molar-refractivity contribution in [3.63, 3.8) is 0 Å². The van der Waals surface area contributed by atoms with E-state index in [9.17, 15) is 14.4 Å². The summed E-state index contributed by atoms with van der Waals surface area (Å²) < 4.78 is 22.8. The molecule has 6 bridgehead atoms. The second kappa shape index (κ2) is 17.5. The van der Waals surface area contributed by atoms with E-state index < -0.39 is 41.4 Å². The Morgan fingerprint density at radius 3 is 2.70 bits per heavy atom. The zero-order valence-corrected chi connectivity index (χ0v) is 38.7. The van der Waals surface area contributed by atoms with Gasteiger partial charge in [0, 0.05) is 96.6 Å². The first-order valence-electron chi connectivity index (χ1n) is 22.5. The summed E-state index contributed by atoms with van der Waals surface area (Å²) in [5, 5.41) is 8.22. The van der Waals surface area contributed by atoms with Crippen LogP contribution in [0.3, 0.4) is 0 Å². The molecule has 2 amide bonds. The quantitative estimate of drug-likeness (QED) is 0.138. The normalized spacial score (nSPS) is 24.1.